The molecule has 1 nitrogen and oxygen atoms in total. The Labute approximate surface area is 91.4 Å². The third kappa shape index (κ3) is 1.84. The van der Waals surface area contributed by atoms with Crippen molar-refractivity contribution in [2.24, 2.45) is 11.3 Å². The number of hydrogen-bond donors (Lipinski definition) is 1. The van der Waals surface area contributed by atoms with Crippen LogP contribution in [-0.4, -0.2) is 5.11 Å². The van der Waals surface area contributed by atoms with Gasteiger partial charge in [-0.15, -0.1) is 0 Å². The van der Waals surface area contributed by atoms with Crippen molar-refractivity contribution in [2.45, 2.75) is 26.9 Å². The monoisotopic (exact) mass is 202 g/mol. The summed E-state index contributed by atoms with van der Waals surface area (Å²) < 4.78 is 0. The lowest BCUT2D eigenvalue weighted by molar-refractivity contribution is 0.0698. The normalized spacial score (nSPS) is 25.1. The minimum absolute atomic E-state index is 0.101. The van der Waals surface area contributed by atoms with Gasteiger partial charge in [-0.25, -0.2) is 0 Å². The van der Waals surface area contributed by atoms with Gasteiger partial charge in [0.2, 0.25) is 0 Å². The molecule has 0 spiro atoms. The van der Waals surface area contributed by atoms with E-state index in [2.05, 4.69) is 32.9 Å². The second-order valence-corrected chi connectivity index (χ2v) is 5.32. The smallest absolute Gasteiger partial charge is 0.0863 e. The molecule has 2 rings (SSSR count). The van der Waals surface area contributed by atoms with Crippen LogP contribution in [0.5, 0.6) is 0 Å². The summed E-state index contributed by atoms with van der Waals surface area (Å²) in [4.78, 5) is 0. The van der Waals surface area contributed by atoms with Crippen LogP contribution in [0.4, 0.5) is 0 Å². The predicted octanol–water partition coefficient (Wildman–Crippen LogP) is 3.41. The van der Waals surface area contributed by atoms with E-state index in [4.69, 9.17) is 0 Å². The molecule has 15 heavy (non-hydrogen) atoms. The van der Waals surface area contributed by atoms with Crippen molar-refractivity contribution in [3.8, 4) is 0 Å². The summed E-state index contributed by atoms with van der Waals surface area (Å²) in [6, 6.07) is 8.06. The Kier molecular flexibility index (Phi) is 2.43. The quantitative estimate of drug-likeness (QED) is 0.683. The average molecular weight is 202 g/mol. The standard InChI is InChI=1S/C14H18O/c1-14(2,3)12-9-8-10-6-4-5-7-11(10)13(12)15/h4-9,12-13,15H,1-3H3/t12-,13+/m1/s1. The molecule has 1 N–H and O–H groups in total. The molecule has 1 aromatic rings. The van der Waals surface area contributed by atoms with E-state index in [9.17, 15) is 5.11 Å². The molecule has 2 atom stereocenters. The molecular formula is C14H18O. The molecule has 0 saturated carbocycles. The van der Waals surface area contributed by atoms with E-state index in [1.54, 1.807) is 0 Å². The van der Waals surface area contributed by atoms with Crippen LogP contribution in [0.3, 0.4) is 0 Å². The van der Waals surface area contributed by atoms with Crippen LogP contribution in [0.2, 0.25) is 0 Å². The van der Waals surface area contributed by atoms with Gasteiger partial charge in [-0.3, -0.25) is 0 Å². The molecule has 0 radical (unpaired) electrons. The molecule has 80 valence electrons. The number of hydrogen-bond acceptors (Lipinski definition) is 1. The fourth-order valence-corrected chi connectivity index (χ4v) is 2.20. The predicted molar refractivity (Wildman–Crippen MR) is 63.4 cm³/mol. The fourth-order valence-electron chi connectivity index (χ4n) is 2.20. The Morgan fingerprint density at radius 2 is 1.80 bits per heavy atom. The number of rotatable bonds is 0. The highest BCUT2D eigenvalue weighted by Gasteiger charge is 2.32. The summed E-state index contributed by atoms with van der Waals surface area (Å²) >= 11 is 0. The van der Waals surface area contributed by atoms with Crippen LogP contribution in [0, 0.1) is 11.3 Å². The Morgan fingerprint density at radius 3 is 2.47 bits per heavy atom. The molecule has 1 heteroatoms. The summed E-state index contributed by atoms with van der Waals surface area (Å²) in [6.45, 7) is 6.50. The summed E-state index contributed by atoms with van der Waals surface area (Å²) in [5, 5.41) is 10.3. The molecule has 0 saturated heterocycles. The molecule has 0 amide bonds. The van der Waals surface area contributed by atoms with Crippen LogP contribution in [0.15, 0.2) is 30.3 Å². The van der Waals surface area contributed by atoms with Gasteiger partial charge in [-0.2, -0.15) is 0 Å². The Morgan fingerprint density at radius 1 is 1.13 bits per heavy atom. The lowest BCUT2D eigenvalue weighted by Gasteiger charge is -2.35. The highest BCUT2D eigenvalue weighted by Crippen LogP contribution is 2.41. The van der Waals surface area contributed by atoms with E-state index in [1.807, 2.05) is 24.3 Å². The molecular weight excluding hydrogens is 184 g/mol. The van der Waals surface area contributed by atoms with Gasteiger partial charge < -0.3 is 5.11 Å². The van der Waals surface area contributed by atoms with Gasteiger partial charge in [-0.1, -0.05) is 57.2 Å². The van der Waals surface area contributed by atoms with Crippen molar-refractivity contribution < 1.29 is 5.11 Å². The second kappa shape index (κ2) is 3.49. The first kappa shape index (κ1) is 10.4. The average Bonchev–Trinajstić information content (AvgIpc) is 2.16. The molecule has 0 heterocycles. The van der Waals surface area contributed by atoms with Gasteiger partial charge in [0.25, 0.3) is 0 Å². The zero-order chi connectivity index (χ0) is 11.1. The van der Waals surface area contributed by atoms with Crippen LogP contribution >= 0.6 is 0 Å². The highest BCUT2D eigenvalue weighted by molar-refractivity contribution is 5.57. The maximum atomic E-state index is 10.3. The van der Waals surface area contributed by atoms with Gasteiger partial charge in [0.15, 0.2) is 0 Å². The summed E-state index contributed by atoms with van der Waals surface area (Å²) in [5.41, 5.74) is 2.30. The van der Waals surface area contributed by atoms with E-state index in [1.165, 1.54) is 0 Å². The van der Waals surface area contributed by atoms with Crippen LogP contribution in [0.25, 0.3) is 6.08 Å². The molecule has 0 aliphatic heterocycles. The first-order chi connectivity index (χ1) is 7.00. The largest absolute Gasteiger partial charge is 0.388 e. The van der Waals surface area contributed by atoms with Gasteiger partial charge in [0, 0.05) is 5.92 Å². The Hall–Kier alpha value is -1.08. The second-order valence-electron chi connectivity index (χ2n) is 5.32. The third-order valence-corrected chi connectivity index (χ3v) is 3.14. The van der Waals surface area contributed by atoms with E-state index >= 15 is 0 Å². The van der Waals surface area contributed by atoms with Gasteiger partial charge in [0.1, 0.15) is 0 Å². The minimum Gasteiger partial charge on any atom is -0.388 e. The maximum absolute atomic E-state index is 10.3. The SMILES string of the molecule is CC(C)(C)[C@@H]1C=Cc2ccccc2[C@@H]1O. The van der Waals surface area contributed by atoms with Crippen LogP contribution in [-0.2, 0) is 0 Å². The number of aliphatic hydroxyl groups is 1. The minimum atomic E-state index is -0.369. The van der Waals surface area contributed by atoms with Crippen molar-refractivity contribution >= 4 is 6.08 Å². The zero-order valence-corrected chi connectivity index (χ0v) is 9.57. The molecule has 1 aliphatic carbocycles. The van der Waals surface area contributed by atoms with Crippen molar-refractivity contribution in [2.75, 3.05) is 0 Å². The summed E-state index contributed by atoms with van der Waals surface area (Å²) in [5.74, 6) is 0.201. The molecule has 0 unspecified atom stereocenters. The van der Waals surface area contributed by atoms with Crippen molar-refractivity contribution in [1.29, 1.82) is 0 Å². The van der Waals surface area contributed by atoms with Crippen molar-refractivity contribution in [3.63, 3.8) is 0 Å². The van der Waals surface area contributed by atoms with Gasteiger partial charge in [-0.05, 0) is 16.5 Å². The lowest BCUT2D eigenvalue weighted by Crippen LogP contribution is -2.27. The van der Waals surface area contributed by atoms with E-state index in [0.717, 1.165) is 11.1 Å². The molecule has 0 fully saturated rings. The van der Waals surface area contributed by atoms with Crippen LogP contribution in [0.1, 0.15) is 38.0 Å². The number of aliphatic hydroxyl groups excluding tert-OH is 1. The molecule has 1 aliphatic rings. The maximum Gasteiger partial charge on any atom is 0.0863 e. The summed E-state index contributed by atoms with van der Waals surface area (Å²) in [7, 11) is 0. The molecule has 1 aromatic carbocycles. The number of benzene rings is 1. The van der Waals surface area contributed by atoms with E-state index in [-0.39, 0.29) is 17.4 Å². The highest BCUT2D eigenvalue weighted by atomic mass is 16.3. The molecule has 0 bridgehead atoms. The van der Waals surface area contributed by atoms with Crippen molar-refractivity contribution in [1.82, 2.24) is 0 Å². The molecule has 0 aromatic heterocycles. The first-order valence-electron chi connectivity index (χ1n) is 5.45. The fraction of sp³-hybridized carbons (Fsp3) is 0.429. The Bertz CT molecular complexity index is 385. The topological polar surface area (TPSA) is 20.2 Å². The van der Waals surface area contributed by atoms with Gasteiger partial charge in [0.05, 0.1) is 6.10 Å². The van der Waals surface area contributed by atoms with Crippen LogP contribution < -0.4 is 0 Å². The Balaban J connectivity index is 2.42. The van der Waals surface area contributed by atoms with E-state index < -0.39 is 0 Å². The van der Waals surface area contributed by atoms with Crippen molar-refractivity contribution in [3.05, 3.63) is 41.5 Å². The van der Waals surface area contributed by atoms with Gasteiger partial charge >= 0.3 is 0 Å². The third-order valence-electron chi connectivity index (χ3n) is 3.14. The first-order valence-corrected chi connectivity index (χ1v) is 5.45. The number of fused-ring (bicyclic) bond motifs is 1. The lowest BCUT2D eigenvalue weighted by atomic mass is 9.72. The zero-order valence-electron chi connectivity index (χ0n) is 9.57. The van der Waals surface area contributed by atoms with E-state index in [0.29, 0.717) is 0 Å². The summed E-state index contributed by atoms with van der Waals surface area (Å²) in [6.07, 6.45) is 3.89.